The van der Waals surface area contributed by atoms with Crippen molar-refractivity contribution in [2.75, 3.05) is 6.54 Å². The van der Waals surface area contributed by atoms with Crippen LogP contribution in [0.5, 0.6) is 0 Å². The molecule has 1 heterocycles. The number of aliphatic carboxylic acids is 1. The van der Waals surface area contributed by atoms with E-state index in [9.17, 15) is 19.7 Å². The summed E-state index contributed by atoms with van der Waals surface area (Å²) in [5.41, 5.74) is 0. The van der Waals surface area contributed by atoms with Crippen molar-refractivity contribution in [3.05, 3.63) is 10.1 Å². The molecule has 1 saturated heterocycles. The molecule has 7 heteroatoms. The maximum Gasteiger partial charge on any atom is 0.307 e. The number of nitrogens with zero attached hydrogens (tertiary/aromatic N) is 1. The molecule has 1 aliphatic heterocycles. The maximum absolute atomic E-state index is 11.0. The summed E-state index contributed by atoms with van der Waals surface area (Å²) in [6, 6.07) is 0. The molecule has 1 saturated carbocycles. The number of carbonyl (C=O) groups excluding carboxylic acids is 1. The van der Waals surface area contributed by atoms with Crippen LogP contribution in [0.25, 0.3) is 0 Å². The van der Waals surface area contributed by atoms with E-state index < -0.39 is 35.4 Å². The first-order chi connectivity index (χ1) is 7.49. The zero-order valence-corrected chi connectivity index (χ0v) is 8.37. The van der Waals surface area contributed by atoms with Gasteiger partial charge in [-0.3, -0.25) is 19.7 Å². The highest BCUT2D eigenvalue weighted by Gasteiger charge is 2.54. The Bertz CT molecular complexity index is 354. The number of carboxylic acid groups (broad SMARTS) is 1. The third-order valence-electron chi connectivity index (χ3n) is 3.39. The summed E-state index contributed by atoms with van der Waals surface area (Å²) in [6.45, 7) is -0.408. The quantitative estimate of drug-likeness (QED) is 0.412. The first-order valence-corrected chi connectivity index (χ1v) is 5.03. The van der Waals surface area contributed by atoms with Crippen LogP contribution < -0.4 is 0 Å². The lowest BCUT2D eigenvalue weighted by Gasteiger charge is -2.14. The lowest BCUT2D eigenvalue weighted by atomic mass is 9.88. The third kappa shape index (κ3) is 1.72. The summed E-state index contributed by atoms with van der Waals surface area (Å²) < 4.78 is 4.95. The first-order valence-electron chi connectivity index (χ1n) is 5.03. The van der Waals surface area contributed by atoms with Gasteiger partial charge in [0.2, 0.25) is 6.54 Å². The molecule has 2 rings (SSSR count). The Kier molecular flexibility index (Phi) is 2.53. The second kappa shape index (κ2) is 3.73. The molecule has 4 atom stereocenters. The number of ether oxygens (including phenoxy) is 1. The van der Waals surface area contributed by atoms with E-state index >= 15 is 0 Å². The Labute approximate surface area is 90.5 Å². The van der Waals surface area contributed by atoms with E-state index in [1.165, 1.54) is 0 Å². The van der Waals surface area contributed by atoms with Gasteiger partial charge in [-0.2, -0.15) is 0 Å². The minimum absolute atomic E-state index is 0.104. The van der Waals surface area contributed by atoms with Crippen molar-refractivity contribution in [1.29, 1.82) is 0 Å². The Morgan fingerprint density at radius 2 is 2.31 bits per heavy atom. The number of nitro groups is 1. The van der Waals surface area contributed by atoms with Crippen molar-refractivity contribution in [3.63, 3.8) is 0 Å². The summed E-state index contributed by atoms with van der Waals surface area (Å²) in [5, 5.41) is 19.4. The van der Waals surface area contributed by atoms with Crippen molar-refractivity contribution in [2.24, 2.45) is 17.8 Å². The zero-order chi connectivity index (χ0) is 11.9. The van der Waals surface area contributed by atoms with Crippen LogP contribution in [-0.4, -0.2) is 34.6 Å². The molecule has 0 aromatic rings. The third-order valence-corrected chi connectivity index (χ3v) is 3.39. The fourth-order valence-electron chi connectivity index (χ4n) is 2.72. The molecule has 16 heavy (non-hydrogen) atoms. The monoisotopic (exact) mass is 229 g/mol. The molecule has 0 aromatic heterocycles. The van der Waals surface area contributed by atoms with Gasteiger partial charge >= 0.3 is 11.9 Å². The molecule has 88 valence electrons. The number of carbonyl (C=O) groups is 2. The van der Waals surface area contributed by atoms with Crippen LogP contribution in [0.1, 0.15) is 12.8 Å². The Balaban J connectivity index is 2.17. The first kappa shape index (κ1) is 10.8. The fourth-order valence-corrected chi connectivity index (χ4v) is 2.72. The van der Waals surface area contributed by atoms with Crippen molar-refractivity contribution in [3.8, 4) is 0 Å². The molecule has 0 bridgehead atoms. The molecule has 0 radical (unpaired) electrons. The van der Waals surface area contributed by atoms with Gasteiger partial charge in [0.1, 0.15) is 6.10 Å². The molecule has 7 nitrogen and oxygen atoms in total. The SMILES string of the molecule is O=C1C[C@H]2[C@H](C[N+](=O)[O-])[C@@H](C(=O)O)C[C@H]2O1. The lowest BCUT2D eigenvalue weighted by Crippen LogP contribution is -2.29. The van der Waals surface area contributed by atoms with Crippen molar-refractivity contribution in [1.82, 2.24) is 0 Å². The van der Waals surface area contributed by atoms with Gasteiger partial charge < -0.3 is 9.84 Å². The molecule has 1 N–H and O–H groups in total. The largest absolute Gasteiger partial charge is 0.481 e. The summed E-state index contributed by atoms with van der Waals surface area (Å²) >= 11 is 0. The van der Waals surface area contributed by atoms with Crippen LogP contribution >= 0.6 is 0 Å². The summed E-state index contributed by atoms with van der Waals surface area (Å²) in [6.07, 6.45) is -0.143. The molecule has 0 spiro atoms. The summed E-state index contributed by atoms with van der Waals surface area (Å²) in [7, 11) is 0. The average molecular weight is 229 g/mol. The molecular formula is C9H11NO6. The smallest absolute Gasteiger partial charge is 0.307 e. The highest BCUT2D eigenvalue weighted by Crippen LogP contribution is 2.44. The zero-order valence-electron chi connectivity index (χ0n) is 8.37. The molecule has 0 amide bonds. The van der Waals surface area contributed by atoms with Crippen LogP contribution in [0, 0.1) is 27.9 Å². The van der Waals surface area contributed by atoms with E-state index in [-0.39, 0.29) is 24.7 Å². The Morgan fingerprint density at radius 3 is 2.88 bits per heavy atom. The second-order valence-corrected chi connectivity index (χ2v) is 4.26. The molecular weight excluding hydrogens is 218 g/mol. The van der Waals surface area contributed by atoms with E-state index in [2.05, 4.69) is 0 Å². The Morgan fingerprint density at radius 1 is 1.62 bits per heavy atom. The van der Waals surface area contributed by atoms with Gasteiger partial charge in [-0.15, -0.1) is 0 Å². The second-order valence-electron chi connectivity index (χ2n) is 4.26. The normalized spacial score (nSPS) is 36.9. The molecule has 0 aromatic carbocycles. The minimum atomic E-state index is -1.04. The van der Waals surface area contributed by atoms with E-state index in [1.54, 1.807) is 0 Å². The van der Waals surface area contributed by atoms with Crippen LogP contribution in [0.3, 0.4) is 0 Å². The van der Waals surface area contributed by atoms with Crippen LogP contribution in [0.2, 0.25) is 0 Å². The predicted molar refractivity (Wildman–Crippen MR) is 49.1 cm³/mol. The molecule has 1 aliphatic carbocycles. The number of carboxylic acids is 1. The topological polar surface area (TPSA) is 107 Å². The van der Waals surface area contributed by atoms with Gasteiger partial charge in [0, 0.05) is 16.8 Å². The number of hydrogen-bond acceptors (Lipinski definition) is 5. The minimum Gasteiger partial charge on any atom is -0.481 e. The number of hydrogen-bond donors (Lipinski definition) is 1. The van der Waals surface area contributed by atoms with Gasteiger partial charge in [0.15, 0.2) is 0 Å². The van der Waals surface area contributed by atoms with E-state index in [1.807, 2.05) is 0 Å². The average Bonchev–Trinajstić information content (AvgIpc) is 2.63. The van der Waals surface area contributed by atoms with Crippen LogP contribution in [-0.2, 0) is 14.3 Å². The molecule has 2 fully saturated rings. The predicted octanol–water partition coefficient (Wildman–Crippen LogP) is -0.0845. The van der Waals surface area contributed by atoms with Gasteiger partial charge in [-0.25, -0.2) is 0 Å². The number of esters is 1. The van der Waals surface area contributed by atoms with E-state index in [0.29, 0.717) is 0 Å². The molecule has 0 unspecified atom stereocenters. The van der Waals surface area contributed by atoms with Crippen LogP contribution in [0.4, 0.5) is 0 Å². The highest BCUT2D eigenvalue weighted by atomic mass is 16.6. The van der Waals surface area contributed by atoms with Crippen molar-refractivity contribution < 1.29 is 24.4 Å². The van der Waals surface area contributed by atoms with E-state index in [4.69, 9.17) is 9.84 Å². The van der Waals surface area contributed by atoms with Crippen molar-refractivity contribution in [2.45, 2.75) is 18.9 Å². The standard InChI is InChI=1S/C9H11NO6/c11-8-2-4-6(3-10(14)15)5(9(12)13)1-7(4)16-8/h4-7H,1-3H2,(H,12,13)/t4-,5-,6-,7+/m0/s1. The summed E-state index contributed by atoms with van der Waals surface area (Å²) in [5.74, 6) is -3.10. The highest BCUT2D eigenvalue weighted by molar-refractivity contribution is 5.75. The van der Waals surface area contributed by atoms with Crippen molar-refractivity contribution >= 4 is 11.9 Å². The fraction of sp³-hybridized carbons (Fsp3) is 0.778. The maximum atomic E-state index is 11.0. The van der Waals surface area contributed by atoms with E-state index in [0.717, 1.165) is 0 Å². The number of fused-ring (bicyclic) bond motifs is 1. The van der Waals surface area contributed by atoms with Gasteiger partial charge in [-0.05, 0) is 6.42 Å². The van der Waals surface area contributed by atoms with Crippen LogP contribution in [0.15, 0.2) is 0 Å². The van der Waals surface area contributed by atoms with Gasteiger partial charge in [0.25, 0.3) is 0 Å². The number of rotatable bonds is 3. The molecule has 2 aliphatic rings. The van der Waals surface area contributed by atoms with Gasteiger partial charge in [-0.1, -0.05) is 0 Å². The Hall–Kier alpha value is -1.66. The lowest BCUT2D eigenvalue weighted by molar-refractivity contribution is -0.490. The summed E-state index contributed by atoms with van der Waals surface area (Å²) in [4.78, 5) is 31.9. The van der Waals surface area contributed by atoms with Gasteiger partial charge in [0.05, 0.1) is 12.3 Å².